The van der Waals surface area contributed by atoms with Gasteiger partial charge in [0.05, 0.1) is 12.7 Å². The molecule has 2 aliphatic rings. The summed E-state index contributed by atoms with van der Waals surface area (Å²) in [5.74, 6) is 0. The maximum absolute atomic E-state index is 12.0. The Hall–Kier alpha value is -0.210. The van der Waals surface area contributed by atoms with Gasteiger partial charge < -0.3 is 9.47 Å². The van der Waals surface area contributed by atoms with Gasteiger partial charge in [-0.2, -0.15) is 12.7 Å². The molecule has 0 bridgehead atoms. The number of hydrogen-bond donors (Lipinski definition) is 1. The van der Waals surface area contributed by atoms with Gasteiger partial charge in [0.15, 0.2) is 0 Å². The first-order valence-electron chi connectivity index (χ1n) is 7.62. The summed E-state index contributed by atoms with van der Waals surface area (Å²) >= 11 is 0. The van der Waals surface area contributed by atoms with Crippen molar-refractivity contribution in [3.63, 3.8) is 0 Å². The Bertz CT molecular complexity index is 363. The number of piperidine rings is 1. The van der Waals surface area contributed by atoms with Gasteiger partial charge in [0, 0.05) is 32.8 Å². The zero-order valence-electron chi connectivity index (χ0n) is 12.1. The third kappa shape index (κ3) is 5.29. The molecular weight excluding hydrogens is 280 g/mol. The first kappa shape index (κ1) is 16.2. The highest BCUT2D eigenvalue weighted by Crippen LogP contribution is 2.12. The SMILES string of the molecule is O=S(=O)(NCCCOCC1CCCO1)N1CCCCC1. The summed E-state index contributed by atoms with van der Waals surface area (Å²) in [5.41, 5.74) is 0. The molecule has 1 N–H and O–H groups in total. The molecule has 20 heavy (non-hydrogen) atoms. The van der Waals surface area contributed by atoms with Crippen LogP contribution in [-0.4, -0.2) is 58.3 Å². The summed E-state index contributed by atoms with van der Waals surface area (Å²) < 4.78 is 39.1. The predicted octanol–water partition coefficient (Wildman–Crippen LogP) is 0.892. The van der Waals surface area contributed by atoms with Gasteiger partial charge in [-0.15, -0.1) is 0 Å². The van der Waals surface area contributed by atoms with Gasteiger partial charge in [0.2, 0.25) is 0 Å². The molecule has 0 aromatic rings. The molecule has 2 heterocycles. The van der Waals surface area contributed by atoms with Crippen molar-refractivity contribution in [3.8, 4) is 0 Å². The van der Waals surface area contributed by atoms with Crippen LogP contribution in [0.25, 0.3) is 0 Å². The van der Waals surface area contributed by atoms with Crippen LogP contribution >= 0.6 is 0 Å². The third-order valence-corrected chi connectivity index (χ3v) is 5.35. The Morgan fingerprint density at radius 2 is 2.00 bits per heavy atom. The summed E-state index contributed by atoms with van der Waals surface area (Å²) in [6.45, 7) is 3.75. The first-order valence-corrected chi connectivity index (χ1v) is 9.06. The Kier molecular flexibility index (Phi) is 6.70. The van der Waals surface area contributed by atoms with Crippen molar-refractivity contribution in [1.82, 2.24) is 9.03 Å². The zero-order valence-corrected chi connectivity index (χ0v) is 12.9. The molecule has 0 aromatic carbocycles. The van der Waals surface area contributed by atoms with Crippen molar-refractivity contribution < 1.29 is 17.9 Å². The lowest BCUT2D eigenvalue weighted by Crippen LogP contribution is -2.43. The average molecular weight is 306 g/mol. The summed E-state index contributed by atoms with van der Waals surface area (Å²) in [6, 6.07) is 0. The minimum Gasteiger partial charge on any atom is -0.379 e. The van der Waals surface area contributed by atoms with E-state index in [4.69, 9.17) is 9.47 Å². The van der Waals surface area contributed by atoms with Crippen LogP contribution in [0.1, 0.15) is 38.5 Å². The van der Waals surface area contributed by atoms with E-state index < -0.39 is 10.2 Å². The minimum absolute atomic E-state index is 0.236. The number of nitrogens with one attached hydrogen (secondary N) is 1. The highest BCUT2D eigenvalue weighted by atomic mass is 32.2. The molecule has 0 saturated carbocycles. The Labute approximate surface area is 122 Å². The van der Waals surface area contributed by atoms with E-state index in [9.17, 15) is 8.42 Å². The molecule has 7 heteroatoms. The molecule has 0 aromatic heterocycles. The van der Waals surface area contributed by atoms with Crippen LogP contribution in [0.5, 0.6) is 0 Å². The lowest BCUT2D eigenvalue weighted by molar-refractivity contribution is 0.0169. The van der Waals surface area contributed by atoms with Gasteiger partial charge in [0.25, 0.3) is 10.2 Å². The second-order valence-electron chi connectivity index (χ2n) is 5.42. The van der Waals surface area contributed by atoms with Crippen LogP contribution in [0.15, 0.2) is 0 Å². The summed E-state index contributed by atoms with van der Waals surface area (Å²) in [5, 5.41) is 0. The highest BCUT2D eigenvalue weighted by Gasteiger charge is 2.22. The molecule has 6 nitrogen and oxygen atoms in total. The molecule has 0 spiro atoms. The molecule has 118 valence electrons. The van der Waals surface area contributed by atoms with Crippen LogP contribution in [0.4, 0.5) is 0 Å². The summed E-state index contributed by atoms with van der Waals surface area (Å²) in [7, 11) is -3.28. The number of rotatable bonds is 8. The maximum Gasteiger partial charge on any atom is 0.279 e. The fraction of sp³-hybridized carbons (Fsp3) is 1.00. The smallest absolute Gasteiger partial charge is 0.279 e. The van der Waals surface area contributed by atoms with Crippen molar-refractivity contribution >= 4 is 10.2 Å². The summed E-state index contributed by atoms with van der Waals surface area (Å²) in [6.07, 6.45) is 6.17. The second-order valence-corrected chi connectivity index (χ2v) is 7.18. The van der Waals surface area contributed by atoms with E-state index >= 15 is 0 Å². The summed E-state index contributed by atoms with van der Waals surface area (Å²) in [4.78, 5) is 0. The van der Waals surface area contributed by atoms with Gasteiger partial charge in [-0.1, -0.05) is 6.42 Å². The fourth-order valence-corrected chi connectivity index (χ4v) is 3.89. The largest absolute Gasteiger partial charge is 0.379 e. The van der Waals surface area contributed by atoms with E-state index in [-0.39, 0.29) is 6.10 Å². The van der Waals surface area contributed by atoms with E-state index in [0.29, 0.717) is 39.3 Å². The molecule has 0 radical (unpaired) electrons. The van der Waals surface area contributed by atoms with Crippen LogP contribution < -0.4 is 4.72 Å². The normalized spacial score (nSPS) is 25.1. The Morgan fingerprint density at radius 3 is 2.70 bits per heavy atom. The number of hydrogen-bond acceptors (Lipinski definition) is 4. The number of nitrogens with zero attached hydrogens (tertiary/aromatic N) is 1. The zero-order chi connectivity index (χ0) is 14.3. The fourth-order valence-electron chi connectivity index (χ4n) is 2.56. The van der Waals surface area contributed by atoms with Crippen molar-refractivity contribution in [2.24, 2.45) is 0 Å². The van der Waals surface area contributed by atoms with Gasteiger partial charge in [0.1, 0.15) is 0 Å². The average Bonchev–Trinajstić information content (AvgIpc) is 2.97. The molecule has 2 saturated heterocycles. The highest BCUT2D eigenvalue weighted by molar-refractivity contribution is 7.87. The molecule has 0 amide bonds. The number of ether oxygens (including phenoxy) is 2. The maximum atomic E-state index is 12.0. The van der Waals surface area contributed by atoms with Crippen LogP contribution in [0, 0.1) is 0 Å². The molecule has 2 aliphatic heterocycles. The monoisotopic (exact) mass is 306 g/mol. The lowest BCUT2D eigenvalue weighted by Gasteiger charge is -2.25. The van der Waals surface area contributed by atoms with Crippen molar-refractivity contribution in [1.29, 1.82) is 0 Å². The molecule has 0 aliphatic carbocycles. The predicted molar refractivity (Wildman–Crippen MR) is 76.8 cm³/mol. The van der Waals surface area contributed by atoms with Gasteiger partial charge in [-0.05, 0) is 32.1 Å². The molecule has 2 fully saturated rings. The van der Waals surface area contributed by atoms with Crippen LogP contribution in [-0.2, 0) is 19.7 Å². The second kappa shape index (κ2) is 8.29. The van der Waals surface area contributed by atoms with E-state index in [1.54, 1.807) is 4.31 Å². The quantitative estimate of drug-likeness (QED) is 0.676. The van der Waals surface area contributed by atoms with Crippen molar-refractivity contribution in [2.45, 2.75) is 44.6 Å². The topological polar surface area (TPSA) is 67.9 Å². The van der Waals surface area contributed by atoms with E-state index in [2.05, 4.69) is 4.72 Å². The minimum atomic E-state index is -3.28. The van der Waals surface area contributed by atoms with Crippen molar-refractivity contribution in [3.05, 3.63) is 0 Å². The van der Waals surface area contributed by atoms with E-state index in [0.717, 1.165) is 38.7 Å². The standard InChI is InChI=1S/C13H26N2O4S/c16-20(17,15-8-2-1-3-9-15)14-7-5-10-18-12-13-6-4-11-19-13/h13-14H,1-12H2. The van der Waals surface area contributed by atoms with Gasteiger partial charge in [-0.25, -0.2) is 4.72 Å². The van der Waals surface area contributed by atoms with Crippen LogP contribution in [0.3, 0.4) is 0 Å². The van der Waals surface area contributed by atoms with E-state index in [1.165, 1.54) is 0 Å². The van der Waals surface area contributed by atoms with Gasteiger partial charge >= 0.3 is 0 Å². The van der Waals surface area contributed by atoms with Crippen LogP contribution in [0.2, 0.25) is 0 Å². The Balaban J connectivity index is 1.53. The van der Waals surface area contributed by atoms with E-state index in [1.807, 2.05) is 0 Å². The molecule has 2 rings (SSSR count). The molecule has 1 atom stereocenters. The third-order valence-electron chi connectivity index (χ3n) is 3.73. The molecular formula is C13H26N2O4S. The lowest BCUT2D eigenvalue weighted by atomic mass is 10.2. The van der Waals surface area contributed by atoms with Crippen molar-refractivity contribution in [2.75, 3.05) is 39.5 Å². The first-order chi connectivity index (χ1) is 9.68. The molecule has 1 unspecified atom stereocenters. The Morgan fingerprint density at radius 1 is 1.20 bits per heavy atom. The van der Waals surface area contributed by atoms with Gasteiger partial charge in [-0.3, -0.25) is 0 Å².